The zero-order valence-corrected chi connectivity index (χ0v) is 75.9. The van der Waals surface area contributed by atoms with Gasteiger partial charge >= 0.3 is 17.9 Å². The zero-order valence-electron chi connectivity index (χ0n) is 75.9. The summed E-state index contributed by atoms with van der Waals surface area (Å²) in [6, 6.07) is -15.4. The van der Waals surface area contributed by atoms with Gasteiger partial charge in [0, 0.05) is 58.1 Å². The van der Waals surface area contributed by atoms with Gasteiger partial charge in [-0.2, -0.15) is 0 Å². The van der Waals surface area contributed by atoms with Crippen LogP contribution in [0.25, 0.3) is 0 Å². The van der Waals surface area contributed by atoms with E-state index in [1.54, 1.807) is 78.8 Å². The maximum absolute atomic E-state index is 14.8. The van der Waals surface area contributed by atoms with Crippen molar-refractivity contribution in [1.82, 2.24) is 99.5 Å². The van der Waals surface area contributed by atoms with E-state index < -0.39 is 278 Å². The Morgan fingerprint density at radius 3 is 1.46 bits per heavy atom. The standard InChI is InChI=1S/C83H132N26O24/c1-9-44(8)66(78(129)103-52(33-45-17-11-10-12-18-45)72(123)97-48(19-13-27-92-82(87)88)69(120)99-50(20-14-28-93-83(89)90)79(130)109-30-16-22-59(109)81(132)133)107-75(126)57(39-110)105-70(121)49(24-25-60(85)111)98-74(125)55(36-64(116)117)102-71(122)51(31-41(2)3)101-73(124)53(34-46-37-91-40-95-46)104-77(128)65(43(6)7)106-76(127)58-21-15-29-108(58)80(131)56(32-42(4)5)96-62(113)38-94-68(119)54(35-61(86)112)100-67(118)47(84)23-26-63(114)115/h10-12,17-18,37,40-44,47-59,65-66,110H,9,13-16,19-36,38-39,84H2,1-8H3,(H2,85,111)(H2,86,112)(H,91,95)(H,94,119)(H,96,113)(H,97,123)(H,98,125)(H,99,120)(H,100,118)(H,101,124)(H,102,122)(H,103,129)(H,104,128)(H,105,121)(H,106,127)(H,107,126)(H,114,115)(H,116,117)(H,132,133)(H4,87,88,92)(H4,89,90,93). The number of rotatable bonds is 59. The van der Waals surface area contributed by atoms with E-state index in [1.165, 1.54) is 24.3 Å². The molecule has 0 bridgehead atoms. The Hall–Kier alpha value is -13.7. The number of nitrogens with two attached hydrogens (primary N) is 5. The highest BCUT2D eigenvalue weighted by Gasteiger charge is 2.44. The third kappa shape index (κ3) is 39.1. The average Bonchev–Trinajstić information content (AvgIpc) is 1.72. The molecular formula is C83H132N26O24. The Labute approximate surface area is 767 Å². The SMILES string of the molecule is CCC(C)C(NC(=O)C(CO)NC(=O)C(CCC(N)=O)NC(=O)C(CC(=O)O)NC(=O)C(CC(C)C)NC(=O)C(Cc1c[nH]cn1)NC(=O)C(NC(=O)C1CCCN1C(=O)C(CC(C)C)NC(=O)CNC(=O)C(CC(N)=O)NC(=O)C(N)CCC(=O)O)C(C)C)C(=O)NC(Cc1ccccc1)C(=O)NC(CCCNC(=N)N)C(=O)NC(CCCNC(=N)N)C(=O)N1CCCC1C(=O)O. The summed E-state index contributed by atoms with van der Waals surface area (Å²) in [6.07, 6.45) is -1.32. The van der Waals surface area contributed by atoms with E-state index in [0.717, 1.165) is 4.90 Å². The second-order valence-electron chi connectivity index (χ2n) is 33.9. The molecule has 17 amide bonds. The smallest absolute Gasteiger partial charge is 0.326 e. The first-order valence-electron chi connectivity index (χ1n) is 43.9. The van der Waals surface area contributed by atoms with Gasteiger partial charge in [-0.25, -0.2) is 9.78 Å². The number of H-pyrrole nitrogens is 1. The number of carbonyl (C=O) groups excluding carboxylic acids is 17. The lowest BCUT2D eigenvalue weighted by molar-refractivity contribution is -0.149. The average molecular weight is 1880 g/mol. The molecule has 0 saturated carbocycles. The summed E-state index contributed by atoms with van der Waals surface area (Å²) >= 11 is 0. The van der Waals surface area contributed by atoms with Crippen LogP contribution in [0.3, 0.4) is 0 Å². The summed E-state index contributed by atoms with van der Waals surface area (Å²) in [5.41, 5.74) is 28.2. The number of hydrogen-bond donors (Lipinski definition) is 27. The van der Waals surface area contributed by atoms with Crippen molar-refractivity contribution >= 4 is 130 Å². The van der Waals surface area contributed by atoms with Crippen molar-refractivity contribution in [2.45, 2.75) is 268 Å². The molecule has 2 aromatic rings. The number of carboxylic acid groups (broad SMARTS) is 3. The molecule has 0 radical (unpaired) electrons. The molecule has 738 valence electrons. The third-order valence-electron chi connectivity index (χ3n) is 21.7. The summed E-state index contributed by atoms with van der Waals surface area (Å²) in [5, 5.41) is 92.5. The molecule has 16 unspecified atom stereocenters. The quantitative estimate of drug-likeness (QED) is 0.0166. The second kappa shape index (κ2) is 56.1. The molecule has 50 heteroatoms. The van der Waals surface area contributed by atoms with Gasteiger partial charge in [0.25, 0.3) is 0 Å². The number of amides is 17. The molecule has 1 aromatic carbocycles. The predicted octanol–water partition coefficient (Wildman–Crippen LogP) is -7.68. The van der Waals surface area contributed by atoms with Crippen LogP contribution < -0.4 is 108 Å². The number of guanidine groups is 2. The molecular weight excluding hydrogens is 1750 g/mol. The molecule has 4 rings (SSSR count). The Morgan fingerprint density at radius 1 is 0.474 bits per heavy atom. The van der Waals surface area contributed by atoms with Gasteiger partial charge in [-0.15, -0.1) is 0 Å². The molecule has 1 aromatic heterocycles. The molecule has 2 aliphatic heterocycles. The molecule has 50 nitrogen and oxygen atoms in total. The van der Waals surface area contributed by atoms with Crippen LogP contribution in [-0.4, -0.2) is 300 Å². The maximum Gasteiger partial charge on any atom is 0.326 e. The highest BCUT2D eigenvalue weighted by Crippen LogP contribution is 2.24. The number of aliphatic carboxylic acids is 3. The van der Waals surface area contributed by atoms with E-state index in [4.69, 9.17) is 44.6 Å². The minimum absolute atomic E-state index is 0.00591. The number of primary amides is 2. The van der Waals surface area contributed by atoms with Gasteiger partial charge in [-0.05, 0) is 106 Å². The van der Waals surface area contributed by atoms with Crippen LogP contribution in [0.5, 0.6) is 0 Å². The predicted molar refractivity (Wildman–Crippen MR) is 474 cm³/mol. The fraction of sp³-hybridized carbons (Fsp3) is 0.627. The Bertz CT molecular complexity index is 4390. The lowest BCUT2D eigenvalue weighted by atomic mass is 9.96. The number of likely N-dealkylation sites (tertiary alicyclic amines) is 2. The minimum Gasteiger partial charge on any atom is -0.481 e. The van der Waals surface area contributed by atoms with Gasteiger partial charge in [0.15, 0.2) is 11.9 Å². The van der Waals surface area contributed by atoms with Crippen molar-refractivity contribution in [2.24, 2.45) is 52.3 Å². The van der Waals surface area contributed by atoms with Gasteiger partial charge in [-0.3, -0.25) is 102 Å². The van der Waals surface area contributed by atoms with E-state index in [1.807, 2.05) is 0 Å². The van der Waals surface area contributed by atoms with Crippen LogP contribution in [0.4, 0.5) is 0 Å². The number of imidazole rings is 1. The number of aliphatic hydroxyl groups excluding tert-OH is 1. The fourth-order valence-corrected chi connectivity index (χ4v) is 14.5. The summed E-state index contributed by atoms with van der Waals surface area (Å²) in [6.45, 7) is 11.2. The molecule has 16 atom stereocenters. The number of hydrogen-bond acceptors (Lipinski definition) is 25. The third-order valence-corrected chi connectivity index (χ3v) is 21.7. The van der Waals surface area contributed by atoms with Crippen LogP contribution in [0, 0.1) is 34.5 Å². The van der Waals surface area contributed by atoms with Gasteiger partial charge in [0.2, 0.25) is 100 Å². The van der Waals surface area contributed by atoms with Crippen LogP contribution in [-0.2, 0) is 109 Å². The van der Waals surface area contributed by atoms with Gasteiger partial charge in [0.1, 0.15) is 84.6 Å². The molecule has 3 heterocycles. The van der Waals surface area contributed by atoms with Crippen molar-refractivity contribution in [3.05, 3.63) is 54.1 Å². The number of nitrogens with one attached hydrogen (secondary N) is 18. The van der Waals surface area contributed by atoms with Crippen molar-refractivity contribution < 1.29 is 116 Å². The van der Waals surface area contributed by atoms with Gasteiger partial charge in [-0.1, -0.05) is 92.1 Å². The second-order valence-corrected chi connectivity index (χ2v) is 33.9. The summed E-state index contributed by atoms with van der Waals surface area (Å²) in [5.74, 6) is -24.6. The summed E-state index contributed by atoms with van der Waals surface area (Å²) in [4.78, 5) is 283. The molecule has 2 saturated heterocycles. The monoisotopic (exact) mass is 1880 g/mol. The first-order valence-corrected chi connectivity index (χ1v) is 43.9. The molecule has 2 fully saturated rings. The largest absolute Gasteiger partial charge is 0.481 e. The Balaban J connectivity index is 1.57. The van der Waals surface area contributed by atoms with Gasteiger partial charge < -0.3 is 144 Å². The van der Waals surface area contributed by atoms with Crippen molar-refractivity contribution in [2.75, 3.05) is 39.3 Å². The number of aliphatic hydroxyl groups is 1. The Kier molecular flexibility index (Phi) is 47.1. The van der Waals surface area contributed by atoms with Crippen LogP contribution >= 0.6 is 0 Å². The van der Waals surface area contributed by atoms with Crippen molar-refractivity contribution in [3.8, 4) is 0 Å². The van der Waals surface area contributed by atoms with Crippen LogP contribution in [0.15, 0.2) is 42.9 Å². The molecule has 133 heavy (non-hydrogen) atoms. The van der Waals surface area contributed by atoms with Crippen LogP contribution in [0.1, 0.15) is 176 Å². The zero-order chi connectivity index (χ0) is 99.6. The first-order chi connectivity index (χ1) is 62.6. The van der Waals surface area contributed by atoms with E-state index >= 15 is 0 Å². The van der Waals surface area contributed by atoms with E-state index in [-0.39, 0.29) is 127 Å². The molecule has 32 N–H and O–H groups in total. The summed E-state index contributed by atoms with van der Waals surface area (Å²) in [7, 11) is 0. The number of benzene rings is 1. The first kappa shape index (κ1) is 112. The fourth-order valence-electron chi connectivity index (χ4n) is 14.5. The number of aromatic nitrogens is 2. The topological polar surface area (TPSA) is 816 Å². The van der Waals surface area contributed by atoms with Gasteiger partial charge in [0.05, 0.1) is 44.1 Å². The lowest BCUT2D eigenvalue weighted by Gasteiger charge is -2.31. The Morgan fingerprint density at radius 2 is 0.940 bits per heavy atom. The molecule has 0 spiro atoms. The number of nitrogens with zero attached hydrogens (tertiary/aromatic N) is 3. The number of aromatic amines is 1. The summed E-state index contributed by atoms with van der Waals surface area (Å²) < 4.78 is 0. The number of carbonyl (C=O) groups is 20. The minimum atomic E-state index is -2.11. The maximum atomic E-state index is 14.8. The normalized spacial score (nSPS) is 16.6. The lowest BCUT2D eigenvalue weighted by Crippen LogP contribution is -2.62. The van der Waals surface area contributed by atoms with Crippen molar-refractivity contribution in [1.29, 1.82) is 10.8 Å². The molecule has 2 aliphatic rings. The van der Waals surface area contributed by atoms with E-state index in [9.17, 15) is 111 Å². The van der Waals surface area contributed by atoms with E-state index in [2.05, 4.69) is 89.7 Å². The van der Waals surface area contributed by atoms with Crippen molar-refractivity contribution in [3.63, 3.8) is 0 Å². The highest BCUT2D eigenvalue weighted by molar-refractivity contribution is 6.02. The highest BCUT2D eigenvalue weighted by atomic mass is 16.4. The van der Waals surface area contributed by atoms with E-state index in [0.29, 0.717) is 12.0 Å². The number of carboxylic acids is 3. The molecule has 0 aliphatic carbocycles. The van der Waals surface area contributed by atoms with Crippen LogP contribution in [0.2, 0.25) is 0 Å².